The summed E-state index contributed by atoms with van der Waals surface area (Å²) < 4.78 is 53.2. The zero-order chi connectivity index (χ0) is 23.8. The van der Waals surface area contributed by atoms with Gasteiger partial charge >= 0.3 is 6.18 Å². The maximum Gasteiger partial charge on any atom is 0.416 e. The van der Waals surface area contributed by atoms with Crippen LogP contribution in [0, 0.1) is 11.2 Å². The molecule has 0 unspecified atom stereocenters. The molecule has 1 N–H and O–H groups in total. The molecular weight excluding hydrogens is 466 g/mol. The van der Waals surface area contributed by atoms with Crippen LogP contribution in [0.1, 0.15) is 30.4 Å². The van der Waals surface area contributed by atoms with Gasteiger partial charge in [-0.05, 0) is 43.0 Å². The molecule has 2 bridgehead atoms. The number of nitrogens with zero attached hydrogens (tertiary/aromatic N) is 3. The van der Waals surface area contributed by atoms with Crippen molar-refractivity contribution in [2.24, 2.45) is 5.41 Å². The first-order chi connectivity index (χ1) is 15.4. The van der Waals surface area contributed by atoms with Gasteiger partial charge in [-0.25, -0.2) is 9.37 Å². The summed E-state index contributed by atoms with van der Waals surface area (Å²) >= 11 is 5.75. The van der Waals surface area contributed by atoms with Crippen molar-refractivity contribution in [2.45, 2.75) is 43.6 Å². The molecular formula is C22H18ClF4N3O3. The number of anilines is 1. The van der Waals surface area contributed by atoms with Crippen LogP contribution in [0.3, 0.4) is 0 Å². The predicted molar refractivity (Wildman–Crippen MR) is 109 cm³/mol. The van der Waals surface area contributed by atoms with Gasteiger partial charge in [-0.3, -0.25) is 14.5 Å². The number of halogens is 5. The second kappa shape index (κ2) is 7.14. The van der Waals surface area contributed by atoms with Crippen molar-refractivity contribution in [1.29, 1.82) is 0 Å². The number of aromatic nitrogens is 1. The van der Waals surface area contributed by atoms with Crippen LogP contribution < -0.4 is 4.90 Å². The molecule has 6 rings (SSSR count). The third-order valence-electron chi connectivity index (χ3n) is 6.73. The number of rotatable bonds is 4. The Morgan fingerprint density at radius 2 is 1.79 bits per heavy atom. The van der Waals surface area contributed by atoms with Crippen LogP contribution in [-0.2, 0) is 22.3 Å². The molecule has 0 radical (unpaired) electrons. The van der Waals surface area contributed by atoms with Gasteiger partial charge < -0.3 is 10.0 Å². The van der Waals surface area contributed by atoms with Crippen molar-refractivity contribution in [3.05, 3.63) is 58.5 Å². The van der Waals surface area contributed by atoms with E-state index in [0.29, 0.717) is 24.8 Å². The number of carbonyl (C=O) groups excluding carboxylic acids is 2. The average Bonchev–Trinajstić information content (AvgIpc) is 2.68. The molecule has 2 amide bonds. The highest BCUT2D eigenvalue weighted by atomic mass is 35.5. The molecule has 0 spiro atoms. The minimum atomic E-state index is -4.49. The highest BCUT2D eigenvalue weighted by molar-refractivity contribution is 6.30. The minimum Gasteiger partial charge on any atom is -0.390 e. The molecule has 6 nitrogen and oxygen atoms in total. The van der Waals surface area contributed by atoms with E-state index in [4.69, 9.17) is 11.6 Å². The Labute approximate surface area is 190 Å². The number of amides is 2. The quantitative estimate of drug-likeness (QED) is 0.675. The topological polar surface area (TPSA) is 73.7 Å². The molecule has 3 saturated carbocycles. The summed E-state index contributed by atoms with van der Waals surface area (Å²) in [7, 11) is 0. The van der Waals surface area contributed by atoms with Crippen LogP contribution >= 0.6 is 11.6 Å². The molecule has 11 heteroatoms. The Balaban J connectivity index is 1.46. The zero-order valence-electron chi connectivity index (χ0n) is 17.1. The molecule has 1 atom stereocenters. The Morgan fingerprint density at radius 1 is 1.15 bits per heavy atom. The van der Waals surface area contributed by atoms with Crippen molar-refractivity contribution < 1.29 is 32.3 Å². The van der Waals surface area contributed by atoms with Gasteiger partial charge in [0, 0.05) is 18.2 Å². The Bertz CT molecular complexity index is 1130. The second-order valence-electron chi connectivity index (χ2n) is 9.12. The van der Waals surface area contributed by atoms with E-state index in [1.54, 1.807) is 0 Å². The van der Waals surface area contributed by atoms with E-state index < -0.39 is 53.0 Å². The van der Waals surface area contributed by atoms with Gasteiger partial charge in [-0.1, -0.05) is 23.7 Å². The third kappa shape index (κ3) is 3.56. The lowest BCUT2D eigenvalue weighted by Gasteiger charge is -2.71. The summed E-state index contributed by atoms with van der Waals surface area (Å²) in [5.41, 5.74) is -1.92. The van der Waals surface area contributed by atoms with E-state index in [-0.39, 0.29) is 17.4 Å². The van der Waals surface area contributed by atoms with Crippen LogP contribution in [-0.4, -0.2) is 45.0 Å². The maximum absolute atomic E-state index is 14.5. The number of aliphatic hydroxyl groups is 1. The van der Waals surface area contributed by atoms with Crippen molar-refractivity contribution in [3.8, 4) is 0 Å². The van der Waals surface area contributed by atoms with Crippen LogP contribution in [0.15, 0.2) is 36.5 Å². The molecule has 1 saturated heterocycles. The molecule has 4 fully saturated rings. The molecule has 33 heavy (non-hydrogen) atoms. The second-order valence-corrected chi connectivity index (χ2v) is 9.56. The molecule has 4 aliphatic rings. The number of benzene rings is 1. The molecule has 1 aromatic carbocycles. The van der Waals surface area contributed by atoms with Gasteiger partial charge in [0.15, 0.2) is 11.6 Å². The smallest absolute Gasteiger partial charge is 0.390 e. The standard InChI is InChI=1S/C22H18ClF4N3O3/c23-14-5-15(24)18(28-6-14)30-8-16(31)29(7-12-1-3-13(4-2-12)22(25,26)27)17(19(30)32)20-9-21(33,10-20)11-20/h1-6,17,33H,7-11H2/t17-,20?,21?/m1/s1. The Hall–Kier alpha value is -2.72. The summed E-state index contributed by atoms with van der Waals surface area (Å²) in [6.45, 7) is -0.556. The van der Waals surface area contributed by atoms with Crippen LogP contribution in [0.2, 0.25) is 5.02 Å². The minimum absolute atomic E-state index is 0.0363. The first-order valence-electron chi connectivity index (χ1n) is 10.2. The summed E-state index contributed by atoms with van der Waals surface area (Å²) in [6.07, 6.45) is -2.37. The van der Waals surface area contributed by atoms with Crippen molar-refractivity contribution >= 4 is 29.2 Å². The molecule has 2 aromatic rings. The van der Waals surface area contributed by atoms with Gasteiger partial charge in [-0.2, -0.15) is 13.2 Å². The number of pyridine rings is 1. The average molecular weight is 484 g/mol. The Morgan fingerprint density at radius 3 is 2.33 bits per heavy atom. The third-order valence-corrected chi connectivity index (χ3v) is 6.93. The fourth-order valence-corrected chi connectivity index (χ4v) is 5.53. The van der Waals surface area contributed by atoms with E-state index in [1.807, 2.05) is 0 Å². The summed E-state index contributed by atoms with van der Waals surface area (Å²) in [4.78, 5) is 32.9. The number of carbonyl (C=O) groups is 2. The van der Waals surface area contributed by atoms with E-state index in [0.717, 1.165) is 23.1 Å². The normalized spacial score (nSPS) is 29.1. The fraction of sp³-hybridized carbons (Fsp3) is 0.409. The Kier molecular flexibility index (Phi) is 4.78. The van der Waals surface area contributed by atoms with Crippen LogP contribution in [0.4, 0.5) is 23.4 Å². The lowest BCUT2D eigenvalue weighted by molar-refractivity contribution is -0.280. The van der Waals surface area contributed by atoms with Crippen molar-refractivity contribution in [2.75, 3.05) is 11.4 Å². The van der Waals surface area contributed by atoms with E-state index in [2.05, 4.69) is 4.98 Å². The number of hydrogen-bond donors (Lipinski definition) is 1. The van der Waals surface area contributed by atoms with Gasteiger partial charge in [0.05, 0.1) is 16.2 Å². The van der Waals surface area contributed by atoms with Gasteiger partial charge in [-0.15, -0.1) is 0 Å². The number of alkyl halides is 3. The van der Waals surface area contributed by atoms with Gasteiger partial charge in [0.2, 0.25) is 5.91 Å². The van der Waals surface area contributed by atoms with E-state index in [9.17, 15) is 32.3 Å². The highest BCUT2D eigenvalue weighted by Crippen LogP contribution is 2.70. The zero-order valence-corrected chi connectivity index (χ0v) is 17.8. The number of piperazine rings is 1. The van der Waals surface area contributed by atoms with E-state index in [1.165, 1.54) is 23.2 Å². The summed E-state index contributed by atoms with van der Waals surface area (Å²) in [5.74, 6) is -2.21. The summed E-state index contributed by atoms with van der Waals surface area (Å²) in [6, 6.07) is 4.37. The first kappa shape index (κ1) is 22.1. The summed E-state index contributed by atoms with van der Waals surface area (Å²) in [5, 5.41) is 10.3. The van der Waals surface area contributed by atoms with Crippen molar-refractivity contribution in [3.63, 3.8) is 0 Å². The molecule has 1 aliphatic heterocycles. The van der Waals surface area contributed by atoms with Crippen LogP contribution in [0.25, 0.3) is 0 Å². The number of hydrogen-bond acceptors (Lipinski definition) is 4. The monoisotopic (exact) mass is 483 g/mol. The molecule has 3 aliphatic carbocycles. The molecule has 174 valence electrons. The SMILES string of the molecule is O=C1[C@H](C23CC(O)(C2)C3)N(Cc2ccc(C(F)(F)F)cc2)C(=O)CN1c1ncc(Cl)cc1F. The predicted octanol–water partition coefficient (Wildman–Crippen LogP) is 3.55. The van der Waals surface area contributed by atoms with Crippen LogP contribution in [0.5, 0.6) is 0 Å². The first-order valence-corrected chi connectivity index (χ1v) is 10.6. The van der Waals surface area contributed by atoms with Crippen molar-refractivity contribution in [1.82, 2.24) is 9.88 Å². The lowest BCUT2D eigenvalue weighted by atomic mass is 9.38. The van der Waals surface area contributed by atoms with E-state index >= 15 is 0 Å². The molecule has 1 aromatic heterocycles. The lowest BCUT2D eigenvalue weighted by Crippen LogP contribution is -2.78. The maximum atomic E-state index is 14.5. The fourth-order valence-electron chi connectivity index (χ4n) is 5.38. The van der Waals surface area contributed by atoms with Gasteiger partial charge in [0.1, 0.15) is 12.6 Å². The largest absolute Gasteiger partial charge is 0.416 e. The van der Waals surface area contributed by atoms with Gasteiger partial charge in [0.25, 0.3) is 5.91 Å². The highest BCUT2D eigenvalue weighted by Gasteiger charge is 2.73. The molecule has 2 heterocycles.